The van der Waals surface area contributed by atoms with Gasteiger partial charge in [0.1, 0.15) is 18.1 Å². The lowest BCUT2D eigenvalue weighted by Crippen LogP contribution is -2.11. The van der Waals surface area contributed by atoms with E-state index in [4.69, 9.17) is 28.1 Å². The summed E-state index contributed by atoms with van der Waals surface area (Å²) >= 11 is 12.7. The standard InChI is InChI=1S/C22H23Cl2N7O2/c1-3-4-5-19-25-21(23)18(13-33-14(2)32)30(19)12-15-6-8-16(9-7-15)17-10-11-31(24)20(17)22-26-28-29-27-22/h6-11H,3-5,12-13H2,1-2H3,(H,26,27,28,29). The molecule has 0 radical (unpaired) electrons. The average Bonchev–Trinajstić information content (AvgIpc) is 3.51. The molecule has 11 heteroatoms. The van der Waals surface area contributed by atoms with E-state index >= 15 is 0 Å². The number of unbranched alkanes of at least 4 members (excludes halogenated alkanes) is 1. The SMILES string of the molecule is CCCCc1nc(Cl)c(COC(C)=O)n1Cc1ccc(-c2ccn(Cl)c2-c2nn[nH]n2)cc1. The molecule has 0 saturated heterocycles. The number of H-pyrrole nitrogens is 1. The Labute approximate surface area is 200 Å². The number of nitrogens with zero attached hydrogens (tertiary/aromatic N) is 6. The number of halogens is 2. The summed E-state index contributed by atoms with van der Waals surface area (Å²) in [6.45, 7) is 4.15. The largest absolute Gasteiger partial charge is 0.459 e. The molecule has 172 valence electrons. The van der Waals surface area contributed by atoms with E-state index < -0.39 is 0 Å². The van der Waals surface area contributed by atoms with Crippen LogP contribution in [-0.4, -0.2) is 40.2 Å². The first-order valence-corrected chi connectivity index (χ1v) is 11.3. The van der Waals surface area contributed by atoms with Crippen LogP contribution in [0, 0.1) is 0 Å². The second kappa shape index (κ2) is 10.2. The Morgan fingerprint density at radius 3 is 2.67 bits per heavy atom. The zero-order valence-electron chi connectivity index (χ0n) is 18.3. The summed E-state index contributed by atoms with van der Waals surface area (Å²) < 4.78 is 8.70. The first-order chi connectivity index (χ1) is 16.0. The third-order valence-electron chi connectivity index (χ3n) is 5.27. The van der Waals surface area contributed by atoms with Crippen LogP contribution in [0.3, 0.4) is 0 Å². The minimum atomic E-state index is -0.359. The number of ether oxygens (including phenoxy) is 1. The maximum absolute atomic E-state index is 11.3. The molecule has 1 N–H and O–H groups in total. The van der Waals surface area contributed by atoms with Crippen molar-refractivity contribution in [3.8, 4) is 22.6 Å². The van der Waals surface area contributed by atoms with Crippen molar-refractivity contribution in [2.24, 2.45) is 0 Å². The number of carbonyl (C=O) groups is 1. The maximum atomic E-state index is 11.3. The van der Waals surface area contributed by atoms with Crippen LogP contribution in [0.2, 0.25) is 5.15 Å². The smallest absolute Gasteiger partial charge is 0.303 e. The zero-order chi connectivity index (χ0) is 23.4. The second-order valence-electron chi connectivity index (χ2n) is 7.56. The van der Waals surface area contributed by atoms with Crippen molar-refractivity contribution in [3.05, 3.63) is 58.8 Å². The lowest BCUT2D eigenvalue weighted by Gasteiger charge is -2.13. The van der Waals surface area contributed by atoms with E-state index in [1.165, 1.54) is 11.0 Å². The zero-order valence-corrected chi connectivity index (χ0v) is 19.8. The predicted octanol–water partition coefficient (Wildman–Crippen LogP) is 4.64. The molecule has 0 bridgehead atoms. The van der Waals surface area contributed by atoms with Gasteiger partial charge in [0.25, 0.3) is 0 Å². The van der Waals surface area contributed by atoms with Gasteiger partial charge in [0, 0.05) is 43.4 Å². The summed E-state index contributed by atoms with van der Waals surface area (Å²) in [7, 11) is 0. The summed E-state index contributed by atoms with van der Waals surface area (Å²) in [4.78, 5) is 15.9. The molecular formula is C22H23Cl2N7O2. The lowest BCUT2D eigenvalue weighted by atomic mass is 10.0. The monoisotopic (exact) mass is 487 g/mol. The summed E-state index contributed by atoms with van der Waals surface area (Å²) in [6.07, 6.45) is 4.58. The Hall–Kier alpha value is -3.17. The Balaban J connectivity index is 1.62. The van der Waals surface area contributed by atoms with Crippen molar-refractivity contribution in [1.29, 1.82) is 0 Å². The molecule has 33 heavy (non-hydrogen) atoms. The number of nitrogens with one attached hydrogen (secondary N) is 1. The highest BCUT2D eigenvalue weighted by Gasteiger charge is 2.19. The van der Waals surface area contributed by atoms with Gasteiger partial charge in [-0.2, -0.15) is 5.21 Å². The number of benzene rings is 1. The number of esters is 1. The van der Waals surface area contributed by atoms with E-state index in [9.17, 15) is 4.79 Å². The van der Waals surface area contributed by atoms with Crippen LogP contribution in [-0.2, 0) is 29.1 Å². The summed E-state index contributed by atoms with van der Waals surface area (Å²) in [5, 5.41) is 14.5. The molecule has 0 atom stereocenters. The van der Waals surface area contributed by atoms with Gasteiger partial charge in [0.05, 0.1) is 5.69 Å². The third-order valence-corrected chi connectivity index (χ3v) is 5.86. The van der Waals surface area contributed by atoms with Gasteiger partial charge in [-0.1, -0.05) is 49.2 Å². The molecule has 4 rings (SSSR count). The van der Waals surface area contributed by atoms with Crippen molar-refractivity contribution in [2.75, 3.05) is 0 Å². The van der Waals surface area contributed by atoms with Crippen LogP contribution >= 0.6 is 23.4 Å². The van der Waals surface area contributed by atoms with Crippen molar-refractivity contribution in [3.63, 3.8) is 0 Å². The molecule has 0 aliphatic rings. The summed E-state index contributed by atoms with van der Waals surface area (Å²) in [5.74, 6) is 0.936. The van der Waals surface area contributed by atoms with E-state index in [0.29, 0.717) is 28.9 Å². The van der Waals surface area contributed by atoms with Gasteiger partial charge in [-0.15, -0.1) is 10.2 Å². The quantitative estimate of drug-likeness (QED) is 0.344. The Morgan fingerprint density at radius 1 is 1.21 bits per heavy atom. The molecule has 0 spiro atoms. The van der Waals surface area contributed by atoms with Crippen LogP contribution in [0.5, 0.6) is 0 Å². The molecule has 3 heterocycles. The number of aryl methyl sites for hydroxylation is 1. The topological polar surface area (TPSA) is 104 Å². The molecule has 0 aliphatic carbocycles. The Kier molecular flexibility index (Phi) is 7.10. The number of aromatic nitrogens is 7. The average molecular weight is 488 g/mol. The number of imidazole rings is 1. The molecule has 4 aromatic rings. The molecule has 1 aromatic carbocycles. The molecule has 0 saturated carbocycles. The van der Waals surface area contributed by atoms with Crippen LogP contribution in [0.4, 0.5) is 0 Å². The lowest BCUT2D eigenvalue weighted by molar-refractivity contribution is -0.142. The Bertz CT molecular complexity index is 1230. The molecular weight excluding hydrogens is 465 g/mol. The third kappa shape index (κ3) is 5.09. The number of rotatable bonds is 9. The van der Waals surface area contributed by atoms with E-state index in [-0.39, 0.29) is 12.6 Å². The number of hydrogen-bond acceptors (Lipinski definition) is 6. The molecule has 0 amide bonds. The number of tetrazole rings is 1. The van der Waals surface area contributed by atoms with Crippen LogP contribution < -0.4 is 0 Å². The normalized spacial score (nSPS) is 11.2. The first-order valence-electron chi connectivity index (χ1n) is 10.6. The molecule has 3 aromatic heterocycles. The van der Waals surface area contributed by atoms with Crippen molar-refractivity contribution in [2.45, 2.75) is 46.3 Å². The van der Waals surface area contributed by atoms with Gasteiger partial charge in [-0.3, -0.25) is 8.88 Å². The van der Waals surface area contributed by atoms with Crippen molar-refractivity contribution >= 4 is 29.3 Å². The van der Waals surface area contributed by atoms with Gasteiger partial charge in [-0.05, 0) is 28.8 Å². The van der Waals surface area contributed by atoms with Gasteiger partial charge < -0.3 is 9.30 Å². The van der Waals surface area contributed by atoms with Crippen LogP contribution in [0.1, 0.15) is 43.8 Å². The molecule has 0 aliphatic heterocycles. The van der Waals surface area contributed by atoms with Gasteiger partial charge in [0.2, 0.25) is 5.82 Å². The van der Waals surface area contributed by atoms with Crippen LogP contribution in [0.15, 0.2) is 36.5 Å². The highest BCUT2D eigenvalue weighted by molar-refractivity contribution is 6.30. The first kappa shape index (κ1) is 23.0. The summed E-state index contributed by atoms with van der Waals surface area (Å²) in [5.41, 5.74) is 4.27. The fraction of sp³-hybridized carbons (Fsp3) is 0.318. The van der Waals surface area contributed by atoms with Crippen molar-refractivity contribution in [1.82, 2.24) is 34.3 Å². The molecule has 0 unspecified atom stereocenters. The number of aromatic amines is 1. The number of carbonyl (C=O) groups excluding carboxylic acids is 1. The maximum Gasteiger partial charge on any atom is 0.303 e. The minimum absolute atomic E-state index is 0.0860. The highest BCUT2D eigenvalue weighted by Crippen LogP contribution is 2.32. The fourth-order valence-electron chi connectivity index (χ4n) is 3.62. The van der Waals surface area contributed by atoms with Crippen molar-refractivity contribution < 1.29 is 9.53 Å². The van der Waals surface area contributed by atoms with E-state index in [0.717, 1.165) is 41.8 Å². The van der Waals surface area contributed by atoms with E-state index in [2.05, 4.69) is 32.5 Å². The van der Waals surface area contributed by atoms with Gasteiger partial charge in [0.15, 0.2) is 5.15 Å². The number of hydrogen-bond donors (Lipinski definition) is 1. The molecule has 0 fully saturated rings. The van der Waals surface area contributed by atoms with E-state index in [1.807, 2.05) is 34.9 Å². The fourth-order valence-corrected chi connectivity index (χ4v) is 4.09. The minimum Gasteiger partial charge on any atom is -0.459 e. The van der Waals surface area contributed by atoms with Gasteiger partial charge >= 0.3 is 5.97 Å². The van der Waals surface area contributed by atoms with Gasteiger partial charge in [-0.25, -0.2) is 4.98 Å². The summed E-state index contributed by atoms with van der Waals surface area (Å²) in [6, 6.07) is 10.0. The van der Waals surface area contributed by atoms with E-state index in [1.54, 1.807) is 6.20 Å². The second-order valence-corrected chi connectivity index (χ2v) is 8.28. The van der Waals surface area contributed by atoms with Crippen LogP contribution in [0.25, 0.3) is 22.6 Å². The predicted molar refractivity (Wildman–Crippen MR) is 125 cm³/mol. The molecule has 9 nitrogen and oxygen atoms in total. The highest BCUT2D eigenvalue weighted by atomic mass is 35.5. The Morgan fingerprint density at radius 2 is 2.00 bits per heavy atom.